The summed E-state index contributed by atoms with van der Waals surface area (Å²) in [6, 6.07) is 5.67. The minimum Gasteiger partial charge on any atom is -0.497 e. The SMILES string of the molecule is C=C=C1CCCC2CCCCC(F)(F)c3nc4ccc(OC)cc4cc3OC3CN(C(=O)CNC(=O)OC12)C(C(=O)C(C)C)C3C. The maximum atomic E-state index is 16.1. The first-order chi connectivity index (χ1) is 21.9. The van der Waals surface area contributed by atoms with Gasteiger partial charge in [-0.1, -0.05) is 33.8 Å². The molecule has 1 saturated carbocycles. The number of halogens is 2. The number of carbonyl (C=O) groups is 3. The molecule has 3 aliphatic rings. The Bertz CT molecular complexity index is 1540. The van der Waals surface area contributed by atoms with Crippen molar-refractivity contribution in [2.75, 3.05) is 20.2 Å². The molecule has 1 saturated heterocycles. The zero-order chi connectivity index (χ0) is 33.2. The second-order valence-corrected chi connectivity index (χ2v) is 12.9. The van der Waals surface area contributed by atoms with E-state index in [1.165, 1.54) is 18.1 Å². The van der Waals surface area contributed by atoms with Crippen LogP contribution < -0.4 is 14.8 Å². The third-order valence-electron chi connectivity index (χ3n) is 9.54. The summed E-state index contributed by atoms with van der Waals surface area (Å²) >= 11 is 0. The van der Waals surface area contributed by atoms with Gasteiger partial charge in [0.15, 0.2) is 11.5 Å². The van der Waals surface area contributed by atoms with Crippen molar-refractivity contribution in [3.63, 3.8) is 0 Å². The average Bonchev–Trinajstić information content (AvgIpc) is 3.36. The number of aromatic nitrogens is 1. The normalized spacial score (nSPS) is 27.3. The van der Waals surface area contributed by atoms with Gasteiger partial charge in [-0.15, -0.1) is 5.73 Å². The minimum atomic E-state index is -3.33. The van der Waals surface area contributed by atoms with E-state index in [4.69, 9.17) is 14.2 Å². The highest BCUT2D eigenvalue weighted by molar-refractivity contribution is 5.92. The third kappa shape index (κ3) is 6.89. The van der Waals surface area contributed by atoms with Crippen LogP contribution in [-0.4, -0.2) is 66.1 Å². The summed E-state index contributed by atoms with van der Waals surface area (Å²) in [5.74, 6) is -4.58. The fraction of sp³-hybridized carbons (Fsp3) is 0.571. The molecule has 11 heteroatoms. The molecule has 2 aliphatic heterocycles. The lowest BCUT2D eigenvalue weighted by molar-refractivity contribution is -0.138. The smallest absolute Gasteiger partial charge is 0.408 e. The number of hydrogen-bond acceptors (Lipinski definition) is 7. The van der Waals surface area contributed by atoms with Gasteiger partial charge in [-0.3, -0.25) is 9.59 Å². The standard InChI is InChI=1S/C35H43F2N3O6/c1-6-22-11-9-12-23-10-7-8-15-35(36,37)33-27(17-24-16-25(44-5)13-14-26(24)39-33)45-28-19-40(30(21(28)4)31(42)20(2)3)29(41)18-38-34(43)46-32(22)23/h13-14,16-17,20-21,23,28,30,32H,1,7-12,15,18-19H2,2-5H3,(H,38,43). The van der Waals surface area contributed by atoms with E-state index in [9.17, 15) is 14.4 Å². The molecule has 2 fully saturated rings. The number of nitrogens with zero attached hydrogens (tertiary/aromatic N) is 2. The lowest BCUT2D eigenvalue weighted by atomic mass is 9.80. The van der Waals surface area contributed by atoms with E-state index in [-0.39, 0.29) is 30.4 Å². The average molecular weight is 640 g/mol. The van der Waals surface area contributed by atoms with Crippen molar-refractivity contribution in [1.82, 2.24) is 15.2 Å². The highest BCUT2D eigenvalue weighted by Crippen LogP contribution is 2.42. The van der Waals surface area contributed by atoms with Crippen LogP contribution in [0.1, 0.15) is 71.4 Å². The molecule has 1 N–H and O–H groups in total. The van der Waals surface area contributed by atoms with Crippen molar-refractivity contribution in [3.8, 4) is 11.5 Å². The number of fused-ring (bicyclic) bond motifs is 5. The van der Waals surface area contributed by atoms with Gasteiger partial charge in [0.25, 0.3) is 5.92 Å². The molecule has 3 heterocycles. The Morgan fingerprint density at radius 2 is 1.93 bits per heavy atom. The highest BCUT2D eigenvalue weighted by Gasteiger charge is 2.48. The number of hydrogen-bond donors (Lipinski definition) is 1. The molecule has 0 radical (unpaired) electrons. The van der Waals surface area contributed by atoms with Gasteiger partial charge >= 0.3 is 6.09 Å². The number of nitrogens with one attached hydrogen (secondary N) is 1. The van der Waals surface area contributed by atoms with Crippen LogP contribution in [0, 0.1) is 17.8 Å². The molecule has 9 nitrogen and oxygen atoms in total. The number of benzene rings is 1. The second-order valence-electron chi connectivity index (χ2n) is 12.9. The predicted octanol–water partition coefficient (Wildman–Crippen LogP) is 6.33. The number of methoxy groups -OCH3 is 1. The summed E-state index contributed by atoms with van der Waals surface area (Å²) in [4.78, 5) is 45.7. The molecular weight excluding hydrogens is 596 g/mol. The van der Waals surface area contributed by atoms with Crippen LogP contribution >= 0.6 is 0 Å². The van der Waals surface area contributed by atoms with Crippen LogP contribution in [0.15, 0.2) is 42.1 Å². The summed E-state index contributed by atoms with van der Waals surface area (Å²) in [6.45, 7) is 8.59. The summed E-state index contributed by atoms with van der Waals surface area (Å²) in [5, 5.41) is 3.13. The lowest BCUT2D eigenvalue weighted by Gasteiger charge is -2.33. The summed E-state index contributed by atoms with van der Waals surface area (Å²) in [6.07, 6.45) is 0.936. The van der Waals surface area contributed by atoms with Crippen molar-refractivity contribution in [2.45, 2.75) is 89.9 Å². The Morgan fingerprint density at radius 1 is 1.17 bits per heavy atom. The van der Waals surface area contributed by atoms with Crippen LogP contribution in [0.3, 0.4) is 0 Å². The Morgan fingerprint density at radius 3 is 2.65 bits per heavy atom. The summed E-state index contributed by atoms with van der Waals surface area (Å²) in [5.41, 5.74) is 3.56. The molecule has 1 aromatic carbocycles. The predicted molar refractivity (Wildman–Crippen MR) is 168 cm³/mol. The molecular formula is C35H43F2N3O6. The van der Waals surface area contributed by atoms with E-state index in [0.29, 0.717) is 35.9 Å². The van der Waals surface area contributed by atoms with E-state index < -0.39 is 66.7 Å². The molecule has 2 amide bonds. The fourth-order valence-electron chi connectivity index (χ4n) is 6.96. The van der Waals surface area contributed by atoms with Gasteiger partial charge in [-0.25, -0.2) is 9.78 Å². The van der Waals surface area contributed by atoms with E-state index >= 15 is 8.78 Å². The monoisotopic (exact) mass is 639 g/mol. The first-order valence-corrected chi connectivity index (χ1v) is 16.1. The number of amides is 2. The van der Waals surface area contributed by atoms with Crippen LogP contribution in [0.4, 0.5) is 13.6 Å². The molecule has 0 spiro atoms. The van der Waals surface area contributed by atoms with Gasteiger partial charge in [0.05, 0.1) is 25.2 Å². The first-order valence-electron chi connectivity index (χ1n) is 16.1. The van der Waals surface area contributed by atoms with Crippen molar-refractivity contribution >= 4 is 28.7 Å². The van der Waals surface area contributed by atoms with Crippen molar-refractivity contribution in [1.29, 1.82) is 0 Å². The molecule has 1 aliphatic carbocycles. The van der Waals surface area contributed by atoms with Gasteiger partial charge < -0.3 is 24.4 Å². The van der Waals surface area contributed by atoms with Crippen molar-refractivity contribution < 1.29 is 37.4 Å². The number of carbonyl (C=O) groups excluding carboxylic acids is 3. The number of alkyl halides is 2. The lowest BCUT2D eigenvalue weighted by Crippen LogP contribution is -2.48. The Kier molecular flexibility index (Phi) is 10.0. The zero-order valence-electron chi connectivity index (χ0n) is 26.9. The number of Topliss-reactive ketones (excluding diaryl/α,β-unsaturated/α-hetero) is 1. The van der Waals surface area contributed by atoms with Crippen molar-refractivity contribution in [2.24, 2.45) is 17.8 Å². The maximum absolute atomic E-state index is 16.1. The van der Waals surface area contributed by atoms with E-state index in [2.05, 4.69) is 22.6 Å². The highest BCUT2D eigenvalue weighted by atomic mass is 19.3. The topological polar surface area (TPSA) is 107 Å². The van der Waals surface area contributed by atoms with E-state index in [1.807, 2.05) is 0 Å². The number of ether oxygens (including phenoxy) is 3. The molecule has 5 atom stereocenters. The van der Waals surface area contributed by atoms with E-state index in [0.717, 1.165) is 18.4 Å². The van der Waals surface area contributed by atoms with Gasteiger partial charge in [0.2, 0.25) is 5.91 Å². The largest absolute Gasteiger partial charge is 0.497 e. The number of rotatable bonds is 3. The molecule has 2 aromatic rings. The van der Waals surface area contributed by atoms with Gasteiger partial charge in [0.1, 0.15) is 30.3 Å². The minimum absolute atomic E-state index is 0.0327. The molecule has 5 rings (SSSR count). The molecule has 5 unspecified atom stereocenters. The molecule has 2 bridgehead atoms. The van der Waals surface area contributed by atoms with Gasteiger partial charge in [0, 0.05) is 35.1 Å². The third-order valence-corrected chi connectivity index (χ3v) is 9.54. The Labute approximate surface area is 268 Å². The van der Waals surface area contributed by atoms with Crippen LogP contribution in [-0.2, 0) is 20.2 Å². The Hall–Kier alpha value is -3.98. The molecule has 46 heavy (non-hydrogen) atoms. The fourth-order valence-corrected chi connectivity index (χ4v) is 6.96. The number of pyridine rings is 1. The maximum Gasteiger partial charge on any atom is 0.408 e. The van der Waals surface area contributed by atoms with E-state index in [1.54, 1.807) is 39.0 Å². The summed E-state index contributed by atoms with van der Waals surface area (Å²) < 4.78 is 49.7. The van der Waals surface area contributed by atoms with Crippen LogP contribution in [0.25, 0.3) is 10.9 Å². The van der Waals surface area contributed by atoms with Crippen LogP contribution in [0.2, 0.25) is 0 Å². The summed E-state index contributed by atoms with van der Waals surface area (Å²) in [7, 11) is 1.52. The molecule has 1 aromatic heterocycles. The van der Waals surface area contributed by atoms with Gasteiger partial charge in [-0.05, 0) is 56.4 Å². The number of alkyl carbamates (subject to hydrolysis) is 1. The van der Waals surface area contributed by atoms with Crippen molar-refractivity contribution in [3.05, 3.63) is 47.8 Å². The number of ketones is 1. The quantitative estimate of drug-likeness (QED) is 0.391. The second kappa shape index (κ2) is 13.8. The van der Waals surface area contributed by atoms with Crippen LogP contribution in [0.5, 0.6) is 11.5 Å². The molecule has 248 valence electrons. The van der Waals surface area contributed by atoms with Gasteiger partial charge in [-0.2, -0.15) is 8.78 Å². The Balaban J connectivity index is 1.55. The first kappa shape index (κ1) is 33.4. The zero-order valence-corrected chi connectivity index (χ0v) is 26.9.